The highest BCUT2D eigenvalue weighted by Gasteiger charge is 2.55. The van der Waals surface area contributed by atoms with Crippen LogP contribution in [0.2, 0.25) is 0 Å². The number of nitrogens with zero attached hydrogens (tertiary/aromatic N) is 1. The van der Waals surface area contributed by atoms with Gasteiger partial charge in [0.25, 0.3) is 0 Å². The van der Waals surface area contributed by atoms with Gasteiger partial charge in [0.15, 0.2) is 6.10 Å². The molecule has 1 saturated heterocycles. The van der Waals surface area contributed by atoms with E-state index in [1.54, 1.807) is 50.6 Å². The summed E-state index contributed by atoms with van der Waals surface area (Å²) < 4.78 is 16.2. The summed E-state index contributed by atoms with van der Waals surface area (Å²) in [5.41, 5.74) is 0.987. The maximum Gasteiger partial charge on any atom is 0.413 e. The minimum absolute atomic E-state index is 0.389. The van der Waals surface area contributed by atoms with Gasteiger partial charge in [0.1, 0.15) is 11.5 Å². The standard InChI is InChI=1S/C25H29NO5/c1-29-21-12-8-19(9-13-21)23-25(28,20-10-14-22(30-2)15-11-20)26(24(27)31-23)17-16-18-6-4-3-5-7-18/h6,8-15,23,28H,3-5,7,16-17H2,1-2H3. The normalized spacial score (nSPS) is 23.3. The van der Waals surface area contributed by atoms with Crippen LogP contribution in [0, 0.1) is 0 Å². The molecule has 0 saturated carbocycles. The average Bonchev–Trinajstić information content (AvgIpc) is 3.09. The van der Waals surface area contributed by atoms with E-state index in [0.29, 0.717) is 29.2 Å². The van der Waals surface area contributed by atoms with Crippen molar-refractivity contribution in [3.63, 3.8) is 0 Å². The lowest BCUT2D eigenvalue weighted by molar-refractivity contribution is -0.109. The number of hydrogen-bond donors (Lipinski definition) is 1. The summed E-state index contributed by atoms with van der Waals surface area (Å²) in [6.45, 7) is 0.389. The van der Waals surface area contributed by atoms with E-state index >= 15 is 0 Å². The van der Waals surface area contributed by atoms with Crippen molar-refractivity contribution in [2.75, 3.05) is 20.8 Å². The molecule has 31 heavy (non-hydrogen) atoms. The van der Waals surface area contributed by atoms with E-state index in [0.717, 1.165) is 19.3 Å². The van der Waals surface area contributed by atoms with Gasteiger partial charge >= 0.3 is 6.09 Å². The van der Waals surface area contributed by atoms with Crippen LogP contribution < -0.4 is 9.47 Å². The summed E-state index contributed by atoms with van der Waals surface area (Å²) >= 11 is 0. The Morgan fingerprint density at radius 3 is 2.26 bits per heavy atom. The second-order valence-corrected chi connectivity index (χ2v) is 8.00. The lowest BCUT2D eigenvalue weighted by Crippen LogP contribution is -2.46. The molecule has 2 atom stereocenters. The Bertz CT molecular complexity index is 937. The lowest BCUT2D eigenvalue weighted by Gasteiger charge is -2.35. The number of rotatable bonds is 7. The molecule has 1 heterocycles. The van der Waals surface area contributed by atoms with Gasteiger partial charge in [-0.15, -0.1) is 0 Å². The van der Waals surface area contributed by atoms with E-state index in [1.165, 1.54) is 23.3 Å². The minimum atomic E-state index is -1.63. The van der Waals surface area contributed by atoms with Crippen LogP contribution >= 0.6 is 0 Å². The van der Waals surface area contributed by atoms with Crippen LogP contribution in [0.5, 0.6) is 11.5 Å². The van der Waals surface area contributed by atoms with E-state index in [-0.39, 0.29) is 0 Å². The van der Waals surface area contributed by atoms with Gasteiger partial charge in [-0.25, -0.2) is 4.79 Å². The van der Waals surface area contributed by atoms with Crippen LogP contribution in [-0.2, 0) is 10.5 Å². The molecule has 6 heteroatoms. The molecule has 2 aromatic carbocycles. The Balaban J connectivity index is 1.69. The second kappa shape index (κ2) is 9.02. The summed E-state index contributed by atoms with van der Waals surface area (Å²) in [6, 6.07) is 14.4. The number of amides is 1. The number of allylic oxidation sites excluding steroid dienone is 1. The van der Waals surface area contributed by atoms with E-state index in [9.17, 15) is 9.90 Å². The summed E-state index contributed by atoms with van der Waals surface area (Å²) in [5, 5.41) is 12.0. The molecule has 2 aromatic rings. The van der Waals surface area contributed by atoms with Gasteiger partial charge in [-0.05, 0) is 61.9 Å². The Kier molecular flexibility index (Phi) is 6.18. The topological polar surface area (TPSA) is 68.2 Å². The molecular formula is C25H29NO5. The number of carbonyl (C=O) groups excluding carboxylic acids is 1. The first-order valence-corrected chi connectivity index (χ1v) is 10.7. The summed E-state index contributed by atoms with van der Waals surface area (Å²) in [7, 11) is 3.19. The molecule has 1 fully saturated rings. The van der Waals surface area contributed by atoms with Crippen molar-refractivity contribution in [2.45, 2.75) is 43.9 Å². The van der Waals surface area contributed by atoms with Crippen LogP contribution in [-0.4, -0.2) is 36.9 Å². The van der Waals surface area contributed by atoms with Crippen LogP contribution in [0.15, 0.2) is 60.2 Å². The molecule has 1 aliphatic heterocycles. The van der Waals surface area contributed by atoms with Gasteiger partial charge in [0.2, 0.25) is 5.72 Å². The van der Waals surface area contributed by atoms with Crippen molar-refractivity contribution in [1.29, 1.82) is 0 Å². The molecular weight excluding hydrogens is 394 g/mol. The predicted octanol–water partition coefficient (Wildman–Crippen LogP) is 4.93. The van der Waals surface area contributed by atoms with E-state index in [2.05, 4.69) is 6.08 Å². The molecule has 1 N–H and O–H groups in total. The Morgan fingerprint density at radius 2 is 1.68 bits per heavy atom. The first kappa shape index (κ1) is 21.2. The summed E-state index contributed by atoms with van der Waals surface area (Å²) in [5.74, 6) is 1.37. The van der Waals surface area contributed by atoms with Gasteiger partial charge in [-0.3, -0.25) is 4.90 Å². The first-order valence-electron chi connectivity index (χ1n) is 10.7. The van der Waals surface area contributed by atoms with Gasteiger partial charge in [0.05, 0.1) is 14.2 Å². The molecule has 0 spiro atoms. The minimum Gasteiger partial charge on any atom is -0.497 e. The number of ether oxygens (including phenoxy) is 3. The van der Waals surface area contributed by atoms with Crippen molar-refractivity contribution >= 4 is 6.09 Å². The zero-order chi connectivity index (χ0) is 21.8. The number of cyclic esters (lactones) is 1. The maximum absolute atomic E-state index is 12.9. The first-order chi connectivity index (χ1) is 15.1. The zero-order valence-electron chi connectivity index (χ0n) is 18.0. The average molecular weight is 424 g/mol. The van der Waals surface area contributed by atoms with Crippen molar-refractivity contribution in [1.82, 2.24) is 4.90 Å². The molecule has 0 bridgehead atoms. The molecule has 0 radical (unpaired) electrons. The van der Waals surface area contributed by atoms with Crippen LogP contribution in [0.25, 0.3) is 0 Å². The molecule has 1 amide bonds. The fourth-order valence-electron chi connectivity index (χ4n) is 4.40. The van der Waals surface area contributed by atoms with Crippen molar-refractivity contribution < 1.29 is 24.1 Å². The molecule has 1 aliphatic carbocycles. The number of methoxy groups -OCH3 is 2. The highest BCUT2D eigenvalue weighted by molar-refractivity contribution is 5.72. The fraction of sp³-hybridized carbons (Fsp3) is 0.400. The highest BCUT2D eigenvalue weighted by atomic mass is 16.6. The Labute approximate surface area is 183 Å². The van der Waals surface area contributed by atoms with Crippen molar-refractivity contribution in [3.05, 3.63) is 71.3 Å². The molecule has 2 aliphatic rings. The quantitative estimate of drug-likeness (QED) is 0.640. The molecule has 164 valence electrons. The van der Waals surface area contributed by atoms with Gasteiger partial charge < -0.3 is 19.3 Å². The maximum atomic E-state index is 12.9. The third-order valence-electron chi connectivity index (χ3n) is 6.19. The largest absolute Gasteiger partial charge is 0.497 e. The van der Waals surface area contributed by atoms with Gasteiger partial charge in [-0.1, -0.05) is 35.9 Å². The van der Waals surface area contributed by atoms with Gasteiger partial charge in [0, 0.05) is 12.1 Å². The molecule has 4 rings (SSSR count). The Morgan fingerprint density at radius 1 is 1.03 bits per heavy atom. The molecule has 2 unspecified atom stereocenters. The number of hydrogen-bond acceptors (Lipinski definition) is 5. The summed E-state index contributed by atoms with van der Waals surface area (Å²) in [4.78, 5) is 14.4. The Hall–Kier alpha value is -2.99. The van der Waals surface area contributed by atoms with E-state index < -0.39 is 17.9 Å². The highest BCUT2D eigenvalue weighted by Crippen LogP contribution is 2.47. The third kappa shape index (κ3) is 4.12. The monoisotopic (exact) mass is 423 g/mol. The number of carbonyl (C=O) groups is 1. The fourth-order valence-corrected chi connectivity index (χ4v) is 4.40. The van der Waals surface area contributed by atoms with Crippen LogP contribution in [0.4, 0.5) is 4.79 Å². The smallest absolute Gasteiger partial charge is 0.413 e. The number of benzene rings is 2. The summed E-state index contributed by atoms with van der Waals surface area (Å²) in [6.07, 6.45) is 6.12. The van der Waals surface area contributed by atoms with Gasteiger partial charge in [-0.2, -0.15) is 0 Å². The van der Waals surface area contributed by atoms with Crippen molar-refractivity contribution in [2.24, 2.45) is 0 Å². The van der Waals surface area contributed by atoms with E-state index in [4.69, 9.17) is 14.2 Å². The van der Waals surface area contributed by atoms with Crippen molar-refractivity contribution in [3.8, 4) is 11.5 Å². The van der Waals surface area contributed by atoms with Crippen LogP contribution in [0.3, 0.4) is 0 Å². The lowest BCUT2D eigenvalue weighted by atomic mass is 9.90. The third-order valence-corrected chi connectivity index (χ3v) is 6.19. The SMILES string of the molecule is COc1ccc(C2OC(=O)N(CCC3=CCCCC3)C2(O)c2ccc(OC)cc2)cc1. The molecule has 6 nitrogen and oxygen atoms in total. The predicted molar refractivity (Wildman–Crippen MR) is 117 cm³/mol. The number of aliphatic hydroxyl groups is 1. The second-order valence-electron chi connectivity index (χ2n) is 8.00. The van der Waals surface area contributed by atoms with E-state index in [1.807, 2.05) is 12.1 Å². The molecule has 0 aromatic heterocycles. The zero-order valence-corrected chi connectivity index (χ0v) is 18.0. The van der Waals surface area contributed by atoms with Crippen LogP contribution in [0.1, 0.15) is 49.3 Å².